The smallest absolute Gasteiger partial charge is 0.149 e. The minimum Gasteiger partial charge on any atom is -0.369 e. The Hall–Kier alpha value is -1.36. The van der Waals surface area contributed by atoms with E-state index in [0.717, 1.165) is 31.3 Å². The molecule has 2 fully saturated rings. The second-order valence-electron chi connectivity index (χ2n) is 5.42. The fraction of sp³-hybridized carbons (Fsp3) is 0.714. The highest BCUT2D eigenvalue weighted by atomic mass is 15.3. The normalized spacial score (nSPS) is 24.1. The van der Waals surface area contributed by atoms with Crippen LogP contribution in [0.25, 0.3) is 0 Å². The first-order valence-electron chi connectivity index (χ1n) is 7.41. The molecule has 3 rings (SSSR count). The molecule has 3 heterocycles. The number of anilines is 2. The van der Waals surface area contributed by atoms with Crippen molar-refractivity contribution in [1.29, 1.82) is 0 Å². The topological polar surface area (TPSA) is 44.3 Å². The Kier molecular flexibility index (Phi) is 3.82. The molecule has 0 aliphatic carbocycles. The summed E-state index contributed by atoms with van der Waals surface area (Å²) in [6, 6.07) is 0.715. The molecule has 104 valence electrons. The van der Waals surface area contributed by atoms with Gasteiger partial charge >= 0.3 is 0 Å². The zero-order valence-corrected chi connectivity index (χ0v) is 11.7. The maximum Gasteiger partial charge on any atom is 0.149 e. The predicted molar refractivity (Wildman–Crippen MR) is 77.6 cm³/mol. The molecule has 2 aliphatic rings. The lowest BCUT2D eigenvalue weighted by atomic mass is 10.2. The van der Waals surface area contributed by atoms with Gasteiger partial charge in [-0.2, -0.15) is 0 Å². The predicted octanol–water partition coefficient (Wildman–Crippen LogP) is 1.58. The minimum absolute atomic E-state index is 0.715. The second kappa shape index (κ2) is 5.74. The van der Waals surface area contributed by atoms with Crippen LogP contribution >= 0.6 is 0 Å². The summed E-state index contributed by atoms with van der Waals surface area (Å²) in [6.07, 6.45) is 7.60. The number of fused-ring (bicyclic) bond motifs is 1. The molecule has 5 heteroatoms. The molecule has 1 aromatic rings. The molecule has 2 saturated heterocycles. The molecule has 5 nitrogen and oxygen atoms in total. The van der Waals surface area contributed by atoms with E-state index in [-0.39, 0.29) is 0 Å². The van der Waals surface area contributed by atoms with Crippen LogP contribution in [0.1, 0.15) is 26.2 Å². The van der Waals surface area contributed by atoms with Crippen molar-refractivity contribution in [3.8, 4) is 0 Å². The van der Waals surface area contributed by atoms with Crippen molar-refractivity contribution in [2.45, 2.75) is 32.2 Å². The van der Waals surface area contributed by atoms with Gasteiger partial charge in [-0.15, -0.1) is 0 Å². The van der Waals surface area contributed by atoms with E-state index in [1.165, 1.54) is 32.4 Å². The van der Waals surface area contributed by atoms with Crippen LogP contribution < -0.4 is 10.2 Å². The molecule has 0 spiro atoms. The van der Waals surface area contributed by atoms with Crippen LogP contribution in [0.15, 0.2) is 12.4 Å². The first-order chi connectivity index (χ1) is 9.36. The van der Waals surface area contributed by atoms with Crippen molar-refractivity contribution < 1.29 is 0 Å². The van der Waals surface area contributed by atoms with Crippen molar-refractivity contribution in [2.24, 2.45) is 0 Å². The van der Waals surface area contributed by atoms with E-state index in [4.69, 9.17) is 0 Å². The zero-order valence-electron chi connectivity index (χ0n) is 11.7. The van der Waals surface area contributed by atoms with Crippen LogP contribution in [-0.2, 0) is 0 Å². The molecule has 1 aromatic heterocycles. The van der Waals surface area contributed by atoms with Crippen LogP contribution in [0.2, 0.25) is 0 Å². The molecule has 0 radical (unpaired) electrons. The van der Waals surface area contributed by atoms with Gasteiger partial charge in [0.2, 0.25) is 0 Å². The van der Waals surface area contributed by atoms with E-state index in [1.807, 2.05) is 6.20 Å². The number of rotatable bonds is 3. The van der Waals surface area contributed by atoms with Crippen LogP contribution in [-0.4, -0.2) is 53.6 Å². The first-order valence-corrected chi connectivity index (χ1v) is 7.41. The van der Waals surface area contributed by atoms with Crippen LogP contribution in [0.5, 0.6) is 0 Å². The van der Waals surface area contributed by atoms with Gasteiger partial charge in [0.1, 0.15) is 11.6 Å². The van der Waals surface area contributed by atoms with Gasteiger partial charge in [-0.1, -0.05) is 0 Å². The maximum absolute atomic E-state index is 4.68. The van der Waals surface area contributed by atoms with Gasteiger partial charge < -0.3 is 10.2 Å². The Morgan fingerprint density at radius 1 is 1.26 bits per heavy atom. The van der Waals surface area contributed by atoms with Crippen molar-refractivity contribution in [3.63, 3.8) is 0 Å². The fourth-order valence-electron chi connectivity index (χ4n) is 3.19. The number of nitrogens with one attached hydrogen (secondary N) is 1. The van der Waals surface area contributed by atoms with Crippen LogP contribution in [0, 0.1) is 0 Å². The van der Waals surface area contributed by atoms with Gasteiger partial charge in [0.15, 0.2) is 0 Å². The standard InChI is InChI=1S/C14H23N5/c1-2-16-13-9-15-10-14(17-13)19-8-4-7-18-6-3-5-12(18)11-19/h9-10,12H,2-8,11H2,1H3,(H,16,17). The summed E-state index contributed by atoms with van der Waals surface area (Å²) in [5, 5.41) is 3.24. The number of aromatic nitrogens is 2. The molecule has 0 bridgehead atoms. The largest absolute Gasteiger partial charge is 0.369 e. The third-order valence-electron chi connectivity index (χ3n) is 4.11. The lowest BCUT2D eigenvalue weighted by molar-refractivity contribution is 0.273. The Labute approximate surface area is 115 Å². The summed E-state index contributed by atoms with van der Waals surface area (Å²) >= 11 is 0. The van der Waals surface area contributed by atoms with Gasteiger partial charge in [-0.3, -0.25) is 9.88 Å². The Balaban J connectivity index is 1.75. The van der Waals surface area contributed by atoms with Crippen molar-refractivity contribution in [3.05, 3.63) is 12.4 Å². The van der Waals surface area contributed by atoms with Gasteiger partial charge in [0, 0.05) is 32.2 Å². The van der Waals surface area contributed by atoms with Crippen LogP contribution in [0.3, 0.4) is 0 Å². The van der Waals surface area contributed by atoms with E-state index >= 15 is 0 Å². The third kappa shape index (κ3) is 2.81. The highest BCUT2D eigenvalue weighted by Gasteiger charge is 2.29. The number of hydrogen-bond acceptors (Lipinski definition) is 5. The first kappa shape index (κ1) is 12.7. The molecule has 2 aliphatic heterocycles. The second-order valence-corrected chi connectivity index (χ2v) is 5.42. The SMILES string of the molecule is CCNc1cncc(N2CCCN3CCCC3C2)n1. The molecular weight excluding hydrogens is 238 g/mol. The van der Waals surface area contributed by atoms with E-state index in [1.54, 1.807) is 6.20 Å². The Morgan fingerprint density at radius 3 is 3.05 bits per heavy atom. The highest BCUT2D eigenvalue weighted by molar-refractivity contribution is 5.44. The summed E-state index contributed by atoms with van der Waals surface area (Å²) in [5.41, 5.74) is 0. The summed E-state index contributed by atoms with van der Waals surface area (Å²) in [6.45, 7) is 7.68. The van der Waals surface area contributed by atoms with E-state index in [2.05, 4.69) is 32.0 Å². The summed E-state index contributed by atoms with van der Waals surface area (Å²) in [4.78, 5) is 14.0. The molecule has 19 heavy (non-hydrogen) atoms. The third-order valence-corrected chi connectivity index (χ3v) is 4.11. The van der Waals surface area contributed by atoms with Gasteiger partial charge in [-0.05, 0) is 32.7 Å². The quantitative estimate of drug-likeness (QED) is 0.895. The average molecular weight is 261 g/mol. The molecule has 1 atom stereocenters. The van der Waals surface area contributed by atoms with Crippen molar-refractivity contribution in [2.75, 3.05) is 42.9 Å². The molecular formula is C14H23N5. The van der Waals surface area contributed by atoms with E-state index in [9.17, 15) is 0 Å². The molecule has 0 aromatic carbocycles. The minimum atomic E-state index is 0.715. The molecule has 1 N–H and O–H groups in total. The maximum atomic E-state index is 4.68. The van der Waals surface area contributed by atoms with E-state index < -0.39 is 0 Å². The summed E-state index contributed by atoms with van der Waals surface area (Å²) < 4.78 is 0. The van der Waals surface area contributed by atoms with Gasteiger partial charge in [0.05, 0.1) is 12.4 Å². The number of hydrogen-bond donors (Lipinski definition) is 1. The average Bonchev–Trinajstić information content (AvgIpc) is 2.77. The number of nitrogens with zero attached hydrogens (tertiary/aromatic N) is 4. The van der Waals surface area contributed by atoms with Gasteiger partial charge in [-0.25, -0.2) is 4.98 Å². The molecule has 0 saturated carbocycles. The Morgan fingerprint density at radius 2 is 2.16 bits per heavy atom. The summed E-state index contributed by atoms with van der Waals surface area (Å²) in [5.74, 6) is 1.90. The molecule has 1 unspecified atom stereocenters. The van der Waals surface area contributed by atoms with E-state index in [0.29, 0.717) is 6.04 Å². The zero-order chi connectivity index (χ0) is 13.1. The highest BCUT2D eigenvalue weighted by Crippen LogP contribution is 2.24. The lowest BCUT2D eigenvalue weighted by Gasteiger charge is -2.26. The Bertz CT molecular complexity index is 422. The lowest BCUT2D eigenvalue weighted by Crippen LogP contribution is -2.37. The monoisotopic (exact) mass is 261 g/mol. The van der Waals surface area contributed by atoms with Gasteiger partial charge in [0.25, 0.3) is 0 Å². The van der Waals surface area contributed by atoms with Crippen molar-refractivity contribution in [1.82, 2.24) is 14.9 Å². The van der Waals surface area contributed by atoms with Crippen LogP contribution in [0.4, 0.5) is 11.6 Å². The summed E-state index contributed by atoms with van der Waals surface area (Å²) in [7, 11) is 0. The fourth-order valence-corrected chi connectivity index (χ4v) is 3.19. The molecule has 0 amide bonds. The van der Waals surface area contributed by atoms with Crippen molar-refractivity contribution >= 4 is 11.6 Å².